The van der Waals surface area contributed by atoms with Gasteiger partial charge >= 0.3 is 0 Å². The summed E-state index contributed by atoms with van der Waals surface area (Å²) in [6.45, 7) is 8.24. The third kappa shape index (κ3) is 2.01. The van der Waals surface area contributed by atoms with E-state index in [0.717, 1.165) is 32.0 Å². The Labute approximate surface area is 99.0 Å². The predicted molar refractivity (Wildman–Crippen MR) is 66.2 cm³/mol. The van der Waals surface area contributed by atoms with Gasteiger partial charge in [0.15, 0.2) is 0 Å². The Morgan fingerprint density at radius 3 is 2.19 bits per heavy atom. The average molecular weight is 226 g/mol. The van der Waals surface area contributed by atoms with E-state index in [1.54, 1.807) is 0 Å². The second kappa shape index (κ2) is 3.97. The first kappa shape index (κ1) is 12.3. The number of likely N-dealkylation sites (tertiary alicyclic amines) is 1. The minimum atomic E-state index is -0.674. The smallest absolute Gasteiger partial charge is 0.0850 e. The maximum Gasteiger partial charge on any atom is 0.0850 e. The van der Waals surface area contributed by atoms with E-state index >= 15 is 0 Å². The van der Waals surface area contributed by atoms with Gasteiger partial charge in [0.1, 0.15) is 0 Å². The zero-order valence-corrected chi connectivity index (χ0v) is 10.9. The summed E-state index contributed by atoms with van der Waals surface area (Å²) in [6.07, 6.45) is 4.36. The van der Waals surface area contributed by atoms with Crippen LogP contribution in [0.4, 0.5) is 0 Å². The molecule has 0 aromatic heterocycles. The number of hydrogen-bond acceptors (Lipinski definition) is 3. The molecule has 1 saturated carbocycles. The predicted octanol–water partition coefficient (Wildman–Crippen LogP) is 1.35. The number of hydrogen-bond donors (Lipinski definition) is 2. The van der Waals surface area contributed by atoms with Crippen LogP contribution in [-0.2, 0) is 0 Å². The average Bonchev–Trinajstić information content (AvgIpc) is 3.02. The van der Waals surface area contributed by atoms with Gasteiger partial charge in [0.05, 0.1) is 5.60 Å². The third-order valence-corrected chi connectivity index (χ3v) is 4.89. The van der Waals surface area contributed by atoms with Gasteiger partial charge in [0.25, 0.3) is 0 Å². The quantitative estimate of drug-likeness (QED) is 0.764. The van der Waals surface area contributed by atoms with Crippen LogP contribution in [-0.4, -0.2) is 40.3 Å². The van der Waals surface area contributed by atoms with E-state index in [2.05, 4.69) is 18.7 Å². The van der Waals surface area contributed by atoms with Crippen molar-refractivity contribution in [3.8, 4) is 0 Å². The monoisotopic (exact) mass is 226 g/mol. The molecule has 1 heterocycles. The number of piperidine rings is 1. The molecule has 3 heteroatoms. The van der Waals surface area contributed by atoms with Gasteiger partial charge in [-0.25, -0.2) is 0 Å². The van der Waals surface area contributed by atoms with Crippen molar-refractivity contribution in [1.82, 2.24) is 4.90 Å². The van der Waals surface area contributed by atoms with Crippen LogP contribution in [0.5, 0.6) is 0 Å². The van der Waals surface area contributed by atoms with Crippen LogP contribution in [0, 0.1) is 5.92 Å². The molecule has 94 valence electrons. The van der Waals surface area contributed by atoms with E-state index in [-0.39, 0.29) is 0 Å². The summed E-state index contributed by atoms with van der Waals surface area (Å²) < 4.78 is 0. The summed E-state index contributed by atoms with van der Waals surface area (Å²) in [4.78, 5) is 2.52. The van der Waals surface area contributed by atoms with Gasteiger partial charge in [0, 0.05) is 24.7 Å². The molecule has 3 nitrogen and oxygen atoms in total. The highest BCUT2D eigenvalue weighted by Crippen LogP contribution is 2.38. The molecule has 1 aliphatic heterocycles. The lowest BCUT2D eigenvalue weighted by atomic mass is 9.69. The lowest BCUT2D eigenvalue weighted by Crippen LogP contribution is -2.65. The first-order chi connectivity index (χ1) is 7.37. The lowest BCUT2D eigenvalue weighted by molar-refractivity contribution is -0.0903. The second-order valence-electron chi connectivity index (χ2n) is 6.24. The van der Waals surface area contributed by atoms with Crippen molar-refractivity contribution in [2.24, 2.45) is 11.7 Å². The van der Waals surface area contributed by atoms with Gasteiger partial charge in [-0.15, -0.1) is 0 Å². The molecule has 2 fully saturated rings. The molecule has 0 amide bonds. The van der Waals surface area contributed by atoms with E-state index < -0.39 is 11.1 Å². The van der Waals surface area contributed by atoms with E-state index in [0.29, 0.717) is 5.92 Å². The molecular weight excluding hydrogens is 200 g/mol. The third-order valence-electron chi connectivity index (χ3n) is 4.89. The first-order valence-electron chi connectivity index (χ1n) is 6.62. The second-order valence-corrected chi connectivity index (χ2v) is 6.24. The molecule has 0 spiro atoms. The highest BCUT2D eigenvalue weighted by molar-refractivity contribution is 5.06. The van der Waals surface area contributed by atoms with Gasteiger partial charge in [-0.05, 0) is 38.5 Å². The van der Waals surface area contributed by atoms with E-state index in [1.807, 2.05) is 6.92 Å². The molecule has 1 saturated heterocycles. The van der Waals surface area contributed by atoms with Crippen LogP contribution >= 0.6 is 0 Å². The summed E-state index contributed by atoms with van der Waals surface area (Å²) in [7, 11) is 0. The highest BCUT2D eigenvalue weighted by atomic mass is 16.3. The van der Waals surface area contributed by atoms with Crippen LogP contribution in [0.3, 0.4) is 0 Å². The molecule has 2 rings (SSSR count). The molecule has 1 atom stereocenters. The molecule has 2 aliphatic rings. The fraction of sp³-hybridized carbons (Fsp3) is 1.00. The van der Waals surface area contributed by atoms with Crippen molar-refractivity contribution in [2.75, 3.05) is 13.1 Å². The number of aliphatic hydroxyl groups is 1. The summed E-state index contributed by atoms with van der Waals surface area (Å²) >= 11 is 0. The molecular formula is C13H26N2O. The number of rotatable bonds is 3. The van der Waals surface area contributed by atoms with Gasteiger partial charge in [-0.3, -0.25) is 0 Å². The van der Waals surface area contributed by atoms with Crippen LogP contribution < -0.4 is 5.73 Å². The SMILES string of the molecule is CC(C)C(C)(N)C1(O)CCN(C2CC2)CC1. The molecule has 3 N–H and O–H groups in total. The van der Waals surface area contributed by atoms with E-state index in [4.69, 9.17) is 5.73 Å². The van der Waals surface area contributed by atoms with E-state index in [1.165, 1.54) is 12.8 Å². The van der Waals surface area contributed by atoms with Crippen LogP contribution in [0.25, 0.3) is 0 Å². The molecule has 0 radical (unpaired) electrons. The number of nitrogens with zero attached hydrogens (tertiary/aromatic N) is 1. The van der Waals surface area contributed by atoms with Crippen LogP contribution in [0.1, 0.15) is 46.5 Å². The van der Waals surface area contributed by atoms with Crippen molar-refractivity contribution in [3.05, 3.63) is 0 Å². The largest absolute Gasteiger partial charge is 0.388 e. The Kier molecular flexibility index (Phi) is 3.06. The minimum Gasteiger partial charge on any atom is -0.388 e. The fourth-order valence-electron chi connectivity index (χ4n) is 2.77. The molecule has 0 bridgehead atoms. The van der Waals surface area contributed by atoms with Crippen molar-refractivity contribution in [2.45, 2.75) is 63.6 Å². The molecule has 1 unspecified atom stereocenters. The molecule has 0 aromatic rings. The number of nitrogens with two attached hydrogens (primary N) is 1. The highest BCUT2D eigenvalue weighted by Gasteiger charge is 2.48. The maximum atomic E-state index is 10.7. The van der Waals surface area contributed by atoms with Crippen LogP contribution in [0.15, 0.2) is 0 Å². The fourth-order valence-corrected chi connectivity index (χ4v) is 2.77. The first-order valence-corrected chi connectivity index (χ1v) is 6.62. The molecule has 16 heavy (non-hydrogen) atoms. The summed E-state index contributed by atoms with van der Waals surface area (Å²) in [5, 5.41) is 10.7. The Balaban J connectivity index is 1.99. The molecule has 0 aromatic carbocycles. The summed E-state index contributed by atoms with van der Waals surface area (Å²) in [6, 6.07) is 0.813. The van der Waals surface area contributed by atoms with Crippen molar-refractivity contribution < 1.29 is 5.11 Å². The Bertz CT molecular complexity index is 251. The van der Waals surface area contributed by atoms with Crippen molar-refractivity contribution in [3.63, 3.8) is 0 Å². The van der Waals surface area contributed by atoms with Crippen molar-refractivity contribution in [1.29, 1.82) is 0 Å². The Morgan fingerprint density at radius 1 is 1.31 bits per heavy atom. The summed E-state index contributed by atoms with van der Waals surface area (Å²) in [5.41, 5.74) is 5.19. The van der Waals surface area contributed by atoms with E-state index in [9.17, 15) is 5.11 Å². The van der Waals surface area contributed by atoms with Gasteiger partial charge in [-0.2, -0.15) is 0 Å². The van der Waals surface area contributed by atoms with Crippen LogP contribution in [0.2, 0.25) is 0 Å². The Morgan fingerprint density at radius 2 is 1.81 bits per heavy atom. The zero-order chi connectivity index (χ0) is 12.0. The lowest BCUT2D eigenvalue weighted by Gasteiger charge is -2.49. The van der Waals surface area contributed by atoms with Gasteiger partial charge in [-0.1, -0.05) is 13.8 Å². The molecule has 1 aliphatic carbocycles. The topological polar surface area (TPSA) is 49.5 Å². The minimum absolute atomic E-state index is 0.310. The van der Waals surface area contributed by atoms with Gasteiger partial charge < -0.3 is 15.7 Å². The normalized spacial score (nSPS) is 30.4. The standard InChI is InChI=1S/C13H26N2O/c1-10(2)12(3,14)13(16)6-8-15(9-7-13)11-4-5-11/h10-11,16H,4-9,14H2,1-3H3. The maximum absolute atomic E-state index is 10.7. The Hall–Kier alpha value is -0.120. The van der Waals surface area contributed by atoms with Gasteiger partial charge in [0.2, 0.25) is 0 Å². The summed E-state index contributed by atoms with van der Waals surface area (Å²) in [5.74, 6) is 0.310. The van der Waals surface area contributed by atoms with Crippen molar-refractivity contribution >= 4 is 0 Å². The zero-order valence-electron chi connectivity index (χ0n) is 10.9.